The predicted molar refractivity (Wildman–Crippen MR) is 76.5 cm³/mol. The molecular formula is C15H24N2O2. The number of aliphatic hydroxyl groups is 1. The van der Waals surface area contributed by atoms with E-state index in [0.29, 0.717) is 0 Å². The summed E-state index contributed by atoms with van der Waals surface area (Å²) >= 11 is 0. The second-order valence-electron chi connectivity index (χ2n) is 4.92. The molecule has 1 aliphatic rings. The van der Waals surface area contributed by atoms with Gasteiger partial charge in [0.05, 0.1) is 13.2 Å². The van der Waals surface area contributed by atoms with Crippen molar-refractivity contribution >= 4 is 0 Å². The summed E-state index contributed by atoms with van der Waals surface area (Å²) in [5.74, 6) is 0.954. The Morgan fingerprint density at radius 3 is 2.21 bits per heavy atom. The third-order valence-corrected chi connectivity index (χ3v) is 3.51. The van der Waals surface area contributed by atoms with E-state index in [1.54, 1.807) is 0 Å². The van der Waals surface area contributed by atoms with Crippen molar-refractivity contribution in [2.45, 2.75) is 6.42 Å². The van der Waals surface area contributed by atoms with Crippen LogP contribution in [0.1, 0.15) is 6.42 Å². The van der Waals surface area contributed by atoms with E-state index in [-0.39, 0.29) is 6.61 Å². The Labute approximate surface area is 115 Å². The number of aliphatic hydroxyl groups excluding tert-OH is 1. The lowest BCUT2D eigenvalue weighted by Gasteiger charge is -2.34. The summed E-state index contributed by atoms with van der Waals surface area (Å²) in [5, 5.41) is 8.89. The number of β-amino-alcohol motifs (C(OH)–C–C–N with tert-alkyl or cyclic N) is 1. The second kappa shape index (κ2) is 8.15. The zero-order chi connectivity index (χ0) is 13.3. The maximum absolute atomic E-state index is 8.89. The van der Waals surface area contributed by atoms with Gasteiger partial charge in [-0.3, -0.25) is 4.90 Å². The Morgan fingerprint density at radius 2 is 1.58 bits per heavy atom. The average Bonchev–Trinajstić information content (AvgIpc) is 2.47. The minimum Gasteiger partial charge on any atom is -0.494 e. The molecule has 0 aliphatic carbocycles. The number of rotatable bonds is 7. The average molecular weight is 264 g/mol. The van der Waals surface area contributed by atoms with E-state index < -0.39 is 0 Å². The van der Waals surface area contributed by atoms with Gasteiger partial charge in [0.1, 0.15) is 5.75 Å². The van der Waals surface area contributed by atoms with Gasteiger partial charge in [-0.15, -0.1) is 0 Å². The Balaban J connectivity index is 1.55. The first kappa shape index (κ1) is 14.3. The monoisotopic (exact) mass is 264 g/mol. The molecule has 2 rings (SSSR count). The summed E-state index contributed by atoms with van der Waals surface area (Å²) in [7, 11) is 0. The first-order chi connectivity index (χ1) is 9.38. The van der Waals surface area contributed by atoms with Crippen LogP contribution in [-0.2, 0) is 0 Å². The minimum atomic E-state index is 0.269. The topological polar surface area (TPSA) is 35.9 Å². The third-order valence-electron chi connectivity index (χ3n) is 3.51. The van der Waals surface area contributed by atoms with Crippen LogP contribution >= 0.6 is 0 Å². The fourth-order valence-corrected chi connectivity index (χ4v) is 2.37. The van der Waals surface area contributed by atoms with E-state index in [9.17, 15) is 0 Å². The fourth-order valence-electron chi connectivity index (χ4n) is 2.37. The van der Waals surface area contributed by atoms with E-state index in [1.807, 2.05) is 30.3 Å². The highest BCUT2D eigenvalue weighted by Gasteiger charge is 2.15. The Bertz CT molecular complexity index is 337. The number of hydrogen-bond acceptors (Lipinski definition) is 4. The molecule has 1 aromatic carbocycles. The zero-order valence-corrected chi connectivity index (χ0v) is 11.5. The van der Waals surface area contributed by atoms with Crippen molar-refractivity contribution < 1.29 is 9.84 Å². The second-order valence-corrected chi connectivity index (χ2v) is 4.92. The van der Waals surface area contributed by atoms with Gasteiger partial charge in [0.15, 0.2) is 0 Å². The van der Waals surface area contributed by atoms with Gasteiger partial charge in [-0.1, -0.05) is 18.2 Å². The molecule has 0 spiro atoms. The SMILES string of the molecule is OCCN1CCN(CCCOc2ccccc2)CC1. The summed E-state index contributed by atoms with van der Waals surface area (Å²) in [6, 6.07) is 9.98. The quantitative estimate of drug-likeness (QED) is 0.747. The molecule has 0 unspecified atom stereocenters. The molecule has 0 atom stereocenters. The lowest BCUT2D eigenvalue weighted by atomic mass is 10.3. The van der Waals surface area contributed by atoms with Crippen molar-refractivity contribution in [2.24, 2.45) is 0 Å². The Hall–Kier alpha value is -1.10. The molecule has 4 nitrogen and oxygen atoms in total. The number of para-hydroxylation sites is 1. The maximum atomic E-state index is 8.89. The van der Waals surface area contributed by atoms with Crippen LogP contribution in [0.15, 0.2) is 30.3 Å². The normalized spacial score (nSPS) is 17.5. The highest BCUT2D eigenvalue weighted by atomic mass is 16.5. The molecule has 4 heteroatoms. The number of hydrogen-bond donors (Lipinski definition) is 1. The van der Waals surface area contributed by atoms with Crippen molar-refractivity contribution in [1.29, 1.82) is 0 Å². The van der Waals surface area contributed by atoms with Crippen LogP contribution in [0.4, 0.5) is 0 Å². The molecule has 1 saturated heterocycles. The van der Waals surface area contributed by atoms with E-state index >= 15 is 0 Å². The molecule has 0 amide bonds. The van der Waals surface area contributed by atoms with Crippen LogP contribution < -0.4 is 4.74 Å². The number of ether oxygens (including phenoxy) is 1. The first-order valence-electron chi connectivity index (χ1n) is 7.12. The largest absolute Gasteiger partial charge is 0.494 e. The third kappa shape index (κ3) is 5.19. The van der Waals surface area contributed by atoms with Gasteiger partial charge >= 0.3 is 0 Å². The molecule has 1 fully saturated rings. The fraction of sp³-hybridized carbons (Fsp3) is 0.600. The van der Waals surface area contributed by atoms with E-state index in [1.165, 1.54) is 0 Å². The predicted octanol–water partition coefficient (Wildman–Crippen LogP) is 1.07. The minimum absolute atomic E-state index is 0.269. The van der Waals surface area contributed by atoms with Crippen molar-refractivity contribution in [1.82, 2.24) is 9.80 Å². The van der Waals surface area contributed by atoms with Gasteiger partial charge in [-0.25, -0.2) is 0 Å². The molecule has 0 saturated carbocycles. The van der Waals surface area contributed by atoms with Crippen molar-refractivity contribution in [3.8, 4) is 5.75 Å². The van der Waals surface area contributed by atoms with Crippen LogP contribution in [0.2, 0.25) is 0 Å². The Kier molecular flexibility index (Phi) is 6.14. The van der Waals surface area contributed by atoms with E-state index in [0.717, 1.165) is 58.0 Å². The standard InChI is InChI=1S/C15H24N2O2/c18-13-12-17-10-8-16(9-11-17)7-4-14-19-15-5-2-1-3-6-15/h1-3,5-6,18H,4,7-14H2. The van der Waals surface area contributed by atoms with E-state index in [4.69, 9.17) is 9.84 Å². The van der Waals surface area contributed by atoms with Crippen LogP contribution in [0.25, 0.3) is 0 Å². The van der Waals surface area contributed by atoms with Gasteiger partial charge < -0.3 is 14.7 Å². The Morgan fingerprint density at radius 1 is 0.947 bits per heavy atom. The highest BCUT2D eigenvalue weighted by Crippen LogP contribution is 2.09. The number of benzene rings is 1. The summed E-state index contributed by atoms with van der Waals surface area (Å²) in [4.78, 5) is 4.79. The summed E-state index contributed by atoms with van der Waals surface area (Å²) < 4.78 is 5.69. The van der Waals surface area contributed by atoms with Crippen molar-refractivity contribution in [3.05, 3.63) is 30.3 Å². The molecule has 19 heavy (non-hydrogen) atoms. The molecule has 1 aliphatic heterocycles. The lowest BCUT2D eigenvalue weighted by Crippen LogP contribution is -2.47. The van der Waals surface area contributed by atoms with E-state index in [2.05, 4.69) is 9.80 Å². The molecule has 1 N–H and O–H groups in total. The van der Waals surface area contributed by atoms with Crippen LogP contribution in [0, 0.1) is 0 Å². The molecule has 1 aromatic rings. The first-order valence-corrected chi connectivity index (χ1v) is 7.12. The van der Waals surface area contributed by atoms with Crippen LogP contribution in [-0.4, -0.2) is 67.4 Å². The number of nitrogens with zero attached hydrogens (tertiary/aromatic N) is 2. The van der Waals surface area contributed by atoms with Crippen molar-refractivity contribution in [3.63, 3.8) is 0 Å². The molecule has 0 aromatic heterocycles. The number of piperazine rings is 1. The van der Waals surface area contributed by atoms with Gasteiger partial charge in [-0.2, -0.15) is 0 Å². The molecule has 106 valence electrons. The summed E-state index contributed by atoms with van der Waals surface area (Å²) in [5.41, 5.74) is 0. The highest BCUT2D eigenvalue weighted by molar-refractivity contribution is 5.20. The zero-order valence-electron chi connectivity index (χ0n) is 11.5. The summed E-state index contributed by atoms with van der Waals surface area (Å²) in [6.07, 6.45) is 1.06. The maximum Gasteiger partial charge on any atom is 0.119 e. The molecule has 1 heterocycles. The molecule has 0 radical (unpaired) electrons. The van der Waals surface area contributed by atoms with Crippen LogP contribution in [0.5, 0.6) is 5.75 Å². The lowest BCUT2D eigenvalue weighted by molar-refractivity contribution is 0.108. The smallest absolute Gasteiger partial charge is 0.119 e. The van der Waals surface area contributed by atoms with Gasteiger partial charge in [-0.05, 0) is 18.6 Å². The van der Waals surface area contributed by atoms with Gasteiger partial charge in [0.25, 0.3) is 0 Å². The molecule has 0 bridgehead atoms. The summed E-state index contributed by atoms with van der Waals surface area (Å²) in [6.45, 7) is 7.30. The van der Waals surface area contributed by atoms with Gasteiger partial charge in [0.2, 0.25) is 0 Å². The molecular weight excluding hydrogens is 240 g/mol. The van der Waals surface area contributed by atoms with Crippen molar-refractivity contribution in [2.75, 3.05) is 52.5 Å². The van der Waals surface area contributed by atoms with Gasteiger partial charge in [0, 0.05) is 39.3 Å². The van der Waals surface area contributed by atoms with Crippen LogP contribution in [0.3, 0.4) is 0 Å².